The first-order chi connectivity index (χ1) is 14.8. The Labute approximate surface area is 186 Å². The van der Waals surface area contributed by atoms with Crippen LogP contribution in [-0.4, -0.2) is 37.3 Å². The maximum atomic E-state index is 10.7. The number of rotatable bonds is 8. The summed E-state index contributed by atoms with van der Waals surface area (Å²) < 4.78 is 6.70. The molecule has 0 aliphatic rings. The predicted molar refractivity (Wildman–Crippen MR) is 131 cm³/mol. The quantitative estimate of drug-likeness (QED) is 0.529. The molecular weight excluding hydrogens is 400 g/mol. The molecule has 4 heteroatoms. The normalized spacial score (nSPS) is 14.5. The van der Waals surface area contributed by atoms with Crippen molar-refractivity contribution in [2.45, 2.75) is 38.0 Å². The summed E-state index contributed by atoms with van der Waals surface area (Å²) in [6.07, 6.45) is 1.39. The van der Waals surface area contributed by atoms with Crippen LogP contribution in [0.15, 0.2) is 97.1 Å². The van der Waals surface area contributed by atoms with E-state index in [2.05, 4.69) is 45.0 Å². The molecule has 0 spiro atoms. The minimum atomic E-state index is -2.74. The zero-order valence-corrected chi connectivity index (χ0v) is 19.5. The van der Waals surface area contributed by atoms with Gasteiger partial charge in [-0.15, -0.1) is 0 Å². The third-order valence-electron chi connectivity index (χ3n) is 5.57. The highest BCUT2D eigenvalue weighted by atomic mass is 28.4. The molecular formula is C27H32O3Si. The van der Waals surface area contributed by atoms with Crippen molar-refractivity contribution < 1.29 is 14.6 Å². The van der Waals surface area contributed by atoms with Crippen LogP contribution in [0.5, 0.6) is 0 Å². The first kappa shape index (κ1) is 23.2. The Morgan fingerprint density at radius 1 is 0.774 bits per heavy atom. The summed E-state index contributed by atoms with van der Waals surface area (Å²) in [5, 5.41) is 23.3. The van der Waals surface area contributed by atoms with E-state index in [0.29, 0.717) is 0 Å². The Balaban J connectivity index is 1.88. The van der Waals surface area contributed by atoms with Gasteiger partial charge in [-0.1, -0.05) is 124 Å². The molecule has 31 heavy (non-hydrogen) atoms. The molecule has 0 saturated carbocycles. The average Bonchev–Trinajstić information content (AvgIpc) is 2.79. The second-order valence-corrected chi connectivity index (χ2v) is 13.1. The number of benzene rings is 3. The van der Waals surface area contributed by atoms with Crippen molar-refractivity contribution in [1.82, 2.24) is 0 Å². The van der Waals surface area contributed by atoms with Crippen LogP contribution in [0, 0.1) is 0 Å². The second kappa shape index (κ2) is 10.2. The summed E-state index contributed by atoms with van der Waals surface area (Å²) in [5.41, 5.74) is 0.974. The van der Waals surface area contributed by atoms with Gasteiger partial charge in [-0.05, 0) is 21.0 Å². The molecule has 0 bridgehead atoms. The SMILES string of the molecule is CC(C)(C)[Si](OC[C@H](O)[C@@H](O)/C=C/c1ccccc1)(c1ccccc1)c1ccccc1. The lowest BCUT2D eigenvalue weighted by molar-refractivity contribution is 0.0143. The summed E-state index contributed by atoms with van der Waals surface area (Å²) in [6, 6.07) is 30.3. The lowest BCUT2D eigenvalue weighted by atomic mass is 10.1. The third kappa shape index (κ3) is 5.41. The van der Waals surface area contributed by atoms with E-state index in [1.807, 2.05) is 72.8 Å². The highest BCUT2D eigenvalue weighted by Crippen LogP contribution is 2.36. The molecule has 0 fully saturated rings. The van der Waals surface area contributed by atoms with Gasteiger partial charge in [-0.3, -0.25) is 0 Å². The molecule has 2 N–H and O–H groups in total. The molecule has 0 aliphatic heterocycles. The smallest absolute Gasteiger partial charge is 0.261 e. The van der Waals surface area contributed by atoms with Crippen LogP contribution in [0.3, 0.4) is 0 Å². The molecule has 0 aliphatic carbocycles. The van der Waals surface area contributed by atoms with Crippen molar-refractivity contribution in [2.75, 3.05) is 6.61 Å². The minimum absolute atomic E-state index is 0.0492. The number of hydrogen-bond donors (Lipinski definition) is 2. The molecule has 3 aromatic rings. The monoisotopic (exact) mass is 432 g/mol. The maximum Gasteiger partial charge on any atom is 0.261 e. The summed E-state index contributed by atoms with van der Waals surface area (Å²) in [4.78, 5) is 0. The molecule has 0 heterocycles. The van der Waals surface area contributed by atoms with Gasteiger partial charge in [0.2, 0.25) is 0 Å². The van der Waals surface area contributed by atoms with Crippen LogP contribution in [-0.2, 0) is 4.43 Å². The predicted octanol–water partition coefficient (Wildman–Crippen LogP) is 4.00. The molecule has 3 rings (SSSR count). The number of aliphatic hydroxyl groups excluding tert-OH is 2. The molecule has 0 saturated heterocycles. The van der Waals surface area contributed by atoms with E-state index in [4.69, 9.17) is 4.43 Å². The van der Waals surface area contributed by atoms with E-state index in [1.54, 1.807) is 6.08 Å². The van der Waals surface area contributed by atoms with Gasteiger partial charge in [0.05, 0.1) is 6.61 Å². The summed E-state index contributed by atoms with van der Waals surface area (Å²) in [7, 11) is -2.74. The lowest BCUT2D eigenvalue weighted by Crippen LogP contribution is -2.67. The highest BCUT2D eigenvalue weighted by Gasteiger charge is 2.50. The maximum absolute atomic E-state index is 10.7. The second-order valence-electron chi connectivity index (χ2n) is 8.80. The van der Waals surface area contributed by atoms with E-state index in [9.17, 15) is 10.2 Å². The van der Waals surface area contributed by atoms with Crippen molar-refractivity contribution in [2.24, 2.45) is 0 Å². The van der Waals surface area contributed by atoms with Crippen LogP contribution >= 0.6 is 0 Å². The molecule has 0 aromatic heterocycles. The molecule has 2 atom stereocenters. The largest absolute Gasteiger partial charge is 0.405 e. The van der Waals surface area contributed by atoms with E-state index in [-0.39, 0.29) is 11.6 Å². The van der Waals surface area contributed by atoms with Crippen molar-refractivity contribution in [1.29, 1.82) is 0 Å². The van der Waals surface area contributed by atoms with Gasteiger partial charge < -0.3 is 14.6 Å². The molecule has 0 radical (unpaired) electrons. The zero-order chi connectivity index (χ0) is 22.3. The Kier molecular flexibility index (Phi) is 7.63. The Hall–Kier alpha value is -2.50. The van der Waals surface area contributed by atoms with E-state index < -0.39 is 20.5 Å². The Bertz CT molecular complexity index is 911. The van der Waals surface area contributed by atoms with Gasteiger partial charge in [0, 0.05) is 0 Å². The van der Waals surface area contributed by atoms with E-state index >= 15 is 0 Å². The molecule has 162 valence electrons. The summed E-state index contributed by atoms with van der Waals surface area (Å²) >= 11 is 0. The number of hydrogen-bond acceptors (Lipinski definition) is 3. The average molecular weight is 433 g/mol. The fraction of sp³-hybridized carbons (Fsp3) is 0.259. The lowest BCUT2D eigenvalue weighted by Gasteiger charge is -2.43. The van der Waals surface area contributed by atoms with Crippen LogP contribution < -0.4 is 10.4 Å². The topological polar surface area (TPSA) is 49.7 Å². The van der Waals surface area contributed by atoms with Gasteiger partial charge >= 0.3 is 0 Å². The number of aliphatic hydroxyl groups is 2. The van der Waals surface area contributed by atoms with Crippen LogP contribution in [0.25, 0.3) is 6.08 Å². The standard InChI is InChI=1S/C27H32O3Si/c1-27(2,3)31(23-15-9-5-10-16-23,24-17-11-6-12-18-24)30-21-26(29)25(28)20-19-22-13-7-4-8-14-22/h4-20,25-26,28-29H,21H2,1-3H3/b20-19+/t25-,26-/m0/s1. The molecule has 0 unspecified atom stereocenters. The van der Waals surface area contributed by atoms with Gasteiger partial charge in [-0.2, -0.15) is 0 Å². The van der Waals surface area contributed by atoms with Crippen LogP contribution in [0.4, 0.5) is 0 Å². The van der Waals surface area contributed by atoms with Gasteiger partial charge in [0.25, 0.3) is 8.32 Å². The zero-order valence-electron chi connectivity index (χ0n) is 18.5. The fourth-order valence-corrected chi connectivity index (χ4v) is 8.55. The molecule has 3 aromatic carbocycles. The Morgan fingerprint density at radius 3 is 1.68 bits per heavy atom. The molecule has 0 amide bonds. The summed E-state index contributed by atoms with van der Waals surface area (Å²) in [5.74, 6) is 0. The third-order valence-corrected chi connectivity index (χ3v) is 10.6. The highest BCUT2D eigenvalue weighted by molar-refractivity contribution is 6.99. The van der Waals surface area contributed by atoms with Gasteiger partial charge in [0.15, 0.2) is 0 Å². The molecule has 3 nitrogen and oxygen atoms in total. The van der Waals surface area contributed by atoms with Crippen LogP contribution in [0.2, 0.25) is 5.04 Å². The fourth-order valence-electron chi connectivity index (χ4n) is 3.97. The first-order valence-corrected chi connectivity index (χ1v) is 12.6. The minimum Gasteiger partial charge on any atom is -0.405 e. The van der Waals surface area contributed by atoms with Gasteiger partial charge in [-0.25, -0.2) is 0 Å². The van der Waals surface area contributed by atoms with Crippen molar-refractivity contribution in [3.05, 3.63) is 103 Å². The van der Waals surface area contributed by atoms with Crippen molar-refractivity contribution >= 4 is 24.8 Å². The summed E-state index contributed by atoms with van der Waals surface area (Å²) in [6.45, 7) is 6.62. The van der Waals surface area contributed by atoms with Crippen molar-refractivity contribution in [3.8, 4) is 0 Å². The Morgan fingerprint density at radius 2 is 1.23 bits per heavy atom. The van der Waals surface area contributed by atoms with E-state index in [0.717, 1.165) is 15.9 Å². The van der Waals surface area contributed by atoms with Crippen molar-refractivity contribution in [3.63, 3.8) is 0 Å². The first-order valence-electron chi connectivity index (χ1n) is 10.7. The van der Waals surface area contributed by atoms with Crippen LogP contribution in [0.1, 0.15) is 26.3 Å². The van der Waals surface area contributed by atoms with Gasteiger partial charge in [0.1, 0.15) is 12.2 Å². The van der Waals surface area contributed by atoms with E-state index in [1.165, 1.54) is 0 Å².